The summed E-state index contributed by atoms with van der Waals surface area (Å²) in [6, 6.07) is 26.1. The largest absolute Gasteiger partial charge is 0.497 e. The molecule has 0 amide bonds. The Kier molecular flexibility index (Phi) is 6.88. The molecule has 37 heavy (non-hydrogen) atoms. The number of aryl methyl sites for hydroxylation is 1. The van der Waals surface area contributed by atoms with Crippen LogP contribution in [0.1, 0.15) is 28.3 Å². The monoisotopic (exact) mass is 493 g/mol. The molecule has 5 aromatic rings. The Balaban J connectivity index is 1.68. The average Bonchev–Trinajstić information content (AvgIpc) is 3.31. The lowest BCUT2D eigenvalue weighted by atomic mass is 9.80. The molecule has 0 spiro atoms. The molecule has 0 aliphatic heterocycles. The molecule has 0 N–H and O–H groups in total. The summed E-state index contributed by atoms with van der Waals surface area (Å²) in [4.78, 5) is 13.7. The van der Waals surface area contributed by atoms with Gasteiger partial charge in [-0.05, 0) is 54.8 Å². The zero-order valence-corrected chi connectivity index (χ0v) is 21.2. The molecule has 0 bridgehead atoms. The number of hydrogen-bond acceptors (Lipinski definition) is 6. The van der Waals surface area contributed by atoms with Crippen LogP contribution in [-0.2, 0) is 23.5 Å². The maximum Gasteiger partial charge on any atom is 0.163 e. The van der Waals surface area contributed by atoms with Crippen LogP contribution >= 0.6 is 0 Å². The summed E-state index contributed by atoms with van der Waals surface area (Å²) in [5.74, 6) is 2.96. The van der Waals surface area contributed by atoms with Crippen molar-refractivity contribution >= 4 is 11.2 Å². The standard InChI is InChI=1S/C30H29N4O3/c1-5-34-28(33-27-19-31-21(2)32-29(27)34)20-37-30(22-9-7-6-8-10-22,23-11-15-25(35-3)16-12-23)24-13-17-26(36-4)18-14-24/h6-19H,1,5,20H2,2-4H3. The maximum absolute atomic E-state index is 6.98. The van der Waals surface area contributed by atoms with Crippen molar-refractivity contribution < 1.29 is 14.2 Å². The van der Waals surface area contributed by atoms with E-state index in [1.165, 1.54) is 0 Å². The first-order valence-electron chi connectivity index (χ1n) is 12.1. The molecule has 7 heteroatoms. The van der Waals surface area contributed by atoms with Gasteiger partial charge < -0.3 is 18.8 Å². The van der Waals surface area contributed by atoms with Crippen LogP contribution in [0, 0.1) is 13.8 Å². The second-order valence-electron chi connectivity index (χ2n) is 8.60. The highest BCUT2D eigenvalue weighted by atomic mass is 16.5. The van der Waals surface area contributed by atoms with Gasteiger partial charge in [-0.15, -0.1) is 0 Å². The minimum Gasteiger partial charge on any atom is -0.497 e. The maximum atomic E-state index is 6.98. The molecule has 5 rings (SSSR count). The first-order chi connectivity index (χ1) is 18.1. The van der Waals surface area contributed by atoms with E-state index in [4.69, 9.17) is 19.2 Å². The smallest absolute Gasteiger partial charge is 0.163 e. The molecule has 0 saturated heterocycles. The van der Waals surface area contributed by atoms with E-state index in [1.807, 2.05) is 78.2 Å². The van der Waals surface area contributed by atoms with Crippen LogP contribution in [0.2, 0.25) is 0 Å². The van der Waals surface area contributed by atoms with Crippen molar-refractivity contribution in [2.24, 2.45) is 0 Å². The Morgan fingerprint density at radius 2 is 1.35 bits per heavy atom. The fourth-order valence-electron chi connectivity index (χ4n) is 4.64. The van der Waals surface area contributed by atoms with Gasteiger partial charge in [-0.2, -0.15) is 0 Å². The lowest BCUT2D eigenvalue weighted by Gasteiger charge is -2.36. The van der Waals surface area contributed by atoms with Gasteiger partial charge >= 0.3 is 0 Å². The predicted octanol–water partition coefficient (Wildman–Crippen LogP) is 5.49. The van der Waals surface area contributed by atoms with E-state index in [-0.39, 0.29) is 6.61 Å². The fraction of sp³-hybridized carbons (Fsp3) is 0.200. The van der Waals surface area contributed by atoms with Crippen LogP contribution in [0.4, 0.5) is 0 Å². The van der Waals surface area contributed by atoms with Crippen molar-refractivity contribution in [3.63, 3.8) is 0 Å². The molecule has 1 radical (unpaired) electrons. The van der Waals surface area contributed by atoms with E-state index in [0.29, 0.717) is 17.9 Å². The van der Waals surface area contributed by atoms with Crippen molar-refractivity contribution in [2.45, 2.75) is 25.7 Å². The molecule has 2 aromatic heterocycles. The Morgan fingerprint density at radius 3 is 1.89 bits per heavy atom. The first-order valence-corrected chi connectivity index (χ1v) is 12.1. The van der Waals surface area contributed by atoms with Crippen LogP contribution in [-0.4, -0.2) is 33.7 Å². The quantitative estimate of drug-likeness (QED) is 0.253. The number of aromatic nitrogens is 4. The molecule has 187 valence electrons. The predicted molar refractivity (Wildman–Crippen MR) is 143 cm³/mol. The lowest BCUT2D eigenvalue weighted by molar-refractivity contribution is -0.00422. The normalized spacial score (nSPS) is 11.6. The Hall–Kier alpha value is -4.23. The Labute approximate surface area is 216 Å². The van der Waals surface area contributed by atoms with E-state index in [1.54, 1.807) is 20.4 Å². The second kappa shape index (κ2) is 10.4. The molecule has 7 nitrogen and oxygen atoms in total. The zero-order valence-electron chi connectivity index (χ0n) is 21.2. The summed E-state index contributed by atoms with van der Waals surface area (Å²) in [5, 5.41) is 0. The van der Waals surface area contributed by atoms with Gasteiger partial charge in [0.25, 0.3) is 0 Å². The number of methoxy groups -OCH3 is 2. The molecule has 0 saturated carbocycles. The van der Waals surface area contributed by atoms with Crippen LogP contribution in [0.25, 0.3) is 11.2 Å². The number of imidazole rings is 1. The lowest BCUT2D eigenvalue weighted by Crippen LogP contribution is -2.33. The fourth-order valence-corrected chi connectivity index (χ4v) is 4.64. The molecule has 0 aliphatic rings. The van der Waals surface area contributed by atoms with Gasteiger partial charge in [-0.1, -0.05) is 54.6 Å². The summed E-state index contributed by atoms with van der Waals surface area (Å²) >= 11 is 0. The second-order valence-corrected chi connectivity index (χ2v) is 8.60. The minimum atomic E-state index is -0.939. The van der Waals surface area contributed by atoms with Gasteiger partial charge in [0, 0.05) is 6.54 Å². The minimum absolute atomic E-state index is 0.220. The summed E-state index contributed by atoms with van der Waals surface area (Å²) in [6.07, 6.45) is 1.74. The number of ether oxygens (including phenoxy) is 3. The van der Waals surface area contributed by atoms with E-state index >= 15 is 0 Å². The molecule has 3 aromatic carbocycles. The Morgan fingerprint density at radius 1 is 0.784 bits per heavy atom. The highest BCUT2D eigenvalue weighted by Crippen LogP contribution is 2.42. The van der Waals surface area contributed by atoms with Crippen LogP contribution in [0.15, 0.2) is 85.1 Å². The highest BCUT2D eigenvalue weighted by molar-refractivity contribution is 5.70. The molecular formula is C30H29N4O3. The van der Waals surface area contributed by atoms with Crippen molar-refractivity contribution in [3.8, 4) is 11.5 Å². The summed E-state index contributed by atoms with van der Waals surface area (Å²) in [7, 11) is 3.32. The Bertz CT molecular complexity index is 1430. The van der Waals surface area contributed by atoms with Gasteiger partial charge in [0.1, 0.15) is 40.9 Å². The molecule has 0 atom stereocenters. The summed E-state index contributed by atoms with van der Waals surface area (Å²) in [5.41, 5.74) is 3.42. The molecule has 2 heterocycles. The van der Waals surface area contributed by atoms with Gasteiger partial charge in [-0.25, -0.2) is 15.0 Å². The van der Waals surface area contributed by atoms with Crippen molar-refractivity contribution in [3.05, 3.63) is 120 Å². The van der Waals surface area contributed by atoms with Gasteiger partial charge in [0.2, 0.25) is 0 Å². The number of nitrogens with zero attached hydrogens (tertiary/aromatic N) is 4. The number of benzene rings is 3. The average molecular weight is 494 g/mol. The topological polar surface area (TPSA) is 71.3 Å². The third kappa shape index (κ3) is 4.54. The third-order valence-electron chi connectivity index (χ3n) is 6.50. The zero-order chi connectivity index (χ0) is 25.8. The number of fused-ring (bicyclic) bond motifs is 1. The summed E-state index contributed by atoms with van der Waals surface area (Å²) in [6.45, 7) is 6.66. The van der Waals surface area contributed by atoms with Crippen LogP contribution in [0.3, 0.4) is 0 Å². The van der Waals surface area contributed by atoms with Crippen molar-refractivity contribution in [1.29, 1.82) is 0 Å². The molecule has 0 unspecified atom stereocenters. The number of hydrogen-bond donors (Lipinski definition) is 0. The van der Waals surface area contributed by atoms with Gasteiger partial charge in [0.15, 0.2) is 5.65 Å². The first kappa shape index (κ1) is 24.5. The van der Waals surface area contributed by atoms with E-state index < -0.39 is 5.60 Å². The van der Waals surface area contributed by atoms with Crippen LogP contribution in [0.5, 0.6) is 11.5 Å². The van der Waals surface area contributed by atoms with Crippen molar-refractivity contribution in [1.82, 2.24) is 19.5 Å². The van der Waals surface area contributed by atoms with Crippen molar-refractivity contribution in [2.75, 3.05) is 14.2 Å². The third-order valence-corrected chi connectivity index (χ3v) is 6.50. The molecule has 0 fully saturated rings. The summed E-state index contributed by atoms with van der Waals surface area (Å²) < 4.78 is 19.8. The van der Waals surface area contributed by atoms with Crippen LogP contribution < -0.4 is 9.47 Å². The SMILES string of the molecule is [CH2]Cn1c(COC(c2ccccc2)(c2ccc(OC)cc2)c2ccc(OC)cc2)nc2cnc(C)nc21. The molecule has 0 aliphatic carbocycles. The van der Waals surface area contributed by atoms with Gasteiger partial charge in [-0.3, -0.25) is 0 Å². The number of rotatable bonds is 9. The highest BCUT2D eigenvalue weighted by Gasteiger charge is 2.38. The van der Waals surface area contributed by atoms with E-state index in [2.05, 4.69) is 29.0 Å². The molecular weight excluding hydrogens is 464 g/mol. The van der Waals surface area contributed by atoms with E-state index in [9.17, 15) is 0 Å². The van der Waals surface area contributed by atoms with E-state index in [0.717, 1.165) is 39.7 Å². The van der Waals surface area contributed by atoms with Gasteiger partial charge in [0.05, 0.1) is 20.4 Å².